The van der Waals surface area contributed by atoms with Crippen molar-refractivity contribution in [3.63, 3.8) is 0 Å². The van der Waals surface area contributed by atoms with Crippen molar-refractivity contribution in [3.05, 3.63) is 128 Å². The molecule has 6 aliphatic rings. The third-order valence-electron chi connectivity index (χ3n) is 18.5. The summed E-state index contributed by atoms with van der Waals surface area (Å²) in [7, 11) is 1.87. The Hall–Kier alpha value is -9.99. The summed E-state index contributed by atoms with van der Waals surface area (Å²) in [5.41, 5.74) is 8.14. The summed E-state index contributed by atoms with van der Waals surface area (Å²) < 4.78 is 37.6. The monoisotopic (exact) mass is 1320 g/mol. The lowest BCUT2D eigenvalue weighted by Crippen LogP contribution is -2.36. The van der Waals surface area contributed by atoms with Gasteiger partial charge in [-0.25, -0.2) is 39.7 Å². The Bertz CT molecular complexity index is 4090. The van der Waals surface area contributed by atoms with Crippen LogP contribution in [0.4, 0.5) is 34.8 Å². The quantitative estimate of drug-likeness (QED) is 0.0701. The zero-order valence-corrected chi connectivity index (χ0v) is 54.4. The van der Waals surface area contributed by atoms with E-state index in [9.17, 15) is 14.4 Å². The number of rotatable bonds is 16. The van der Waals surface area contributed by atoms with Crippen LogP contribution in [0.1, 0.15) is 87.4 Å². The average Bonchev–Trinajstić information content (AvgIpc) is 1.86. The van der Waals surface area contributed by atoms with E-state index in [1.165, 1.54) is 12.4 Å². The summed E-state index contributed by atoms with van der Waals surface area (Å²) >= 11 is 0. The van der Waals surface area contributed by atoms with Crippen LogP contribution in [0.25, 0.3) is 33.1 Å². The van der Waals surface area contributed by atoms with Gasteiger partial charge in [-0.3, -0.25) is 29.9 Å². The minimum absolute atomic E-state index is 0.0203. The summed E-state index contributed by atoms with van der Waals surface area (Å²) in [5, 5.41) is 18.1. The van der Waals surface area contributed by atoms with Gasteiger partial charge in [0.2, 0.25) is 23.7 Å². The van der Waals surface area contributed by atoms with Crippen molar-refractivity contribution < 1.29 is 47.9 Å². The SMILES string of the molecule is Cn1ccnc1NC(=O)C1CCC(Oc2cc(N3CCOCC3)cc3nccnc23)CC1.O=C(Nc1ccccn1)C1CCC(Oc2cc(N3CCOCC3)cc3nccnc23)CC1.O=C(O)c1cnc(NC2CCC(Oc3cc(N4CCOCC4)cc4nccnc34)CC2)nc1. The molecule has 27 nitrogen and oxygen atoms in total. The van der Waals surface area contributed by atoms with Gasteiger partial charge in [0.05, 0.1) is 80.1 Å². The third-order valence-corrected chi connectivity index (χ3v) is 18.5. The summed E-state index contributed by atoms with van der Waals surface area (Å²) in [6.45, 7) is 9.40. The van der Waals surface area contributed by atoms with Gasteiger partial charge in [0, 0.05) is 168 Å². The number of hydrogen-bond donors (Lipinski definition) is 4. The number of morpholine rings is 3. The number of pyridine rings is 1. The van der Waals surface area contributed by atoms with E-state index in [-0.39, 0.29) is 53.6 Å². The molecule has 3 aromatic carbocycles. The van der Waals surface area contributed by atoms with Crippen LogP contribution in [-0.2, 0) is 30.8 Å². The highest BCUT2D eigenvalue weighted by atomic mass is 16.5. The number of amides is 2. The molecule has 3 saturated heterocycles. The van der Waals surface area contributed by atoms with Gasteiger partial charge in [-0.1, -0.05) is 6.07 Å². The third kappa shape index (κ3) is 17.0. The second kappa shape index (κ2) is 31.7. The molecule has 6 fully saturated rings. The highest BCUT2D eigenvalue weighted by molar-refractivity contribution is 5.92. The van der Waals surface area contributed by atoms with Crippen molar-refractivity contribution in [2.45, 2.75) is 101 Å². The van der Waals surface area contributed by atoms with Gasteiger partial charge in [0.15, 0.2) is 0 Å². The van der Waals surface area contributed by atoms with Gasteiger partial charge in [-0.05, 0) is 107 Å². The smallest absolute Gasteiger partial charge is 0.338 e. The molecule has 506 valence electrons. The van der Waals surface area contributed by atoms with Gasteiger partial charge in [0.25, 0.3) is 0 Å². The number of carbonyl (C=O) groups excluding carboxylic acids is 2. The predicted molar refractivity (Wildman–Crippen MR) is 364 cm³/mol. The Labute approximate surface area is 561 Å². The lowest BCUT2D eigenvalue weighted by atomic mass is 9.86. The Morgan fingerprint density at radius 1 is 0.464 bits per heavy atom. The summed E-state index contributed by atoms with van der Waals surface area (Å²) in [6, 6.07) is 18.1. The van der Waals surface area contributed by atoms with E-state index in [4.69, 9.17) is 33.5 Å². The normalized spacial score (nSPS) is 21.3. The second-order valence-corrected chi connectivity index (χ2v) is 25.0. The topological polar surface area (TPSA) is 306 Å². The number of anilines is 6. The van der Waals surface area contributed by atoms with Crippen molar-refractivity contribution in [2.24, 2.45) is 18.9 Å². The molecular weight excluding hydrogens is 1240 g/mol. The first-order chi connectivity index (χ1) is 47.6. The van der Waals surface area contributed by atoms with E-state index in [1.807, 2.05) is 25.4 Å². The first-order valence-corrected chi connectivity index (χ1v) is 33.6. The molecule has 0 radical (unpaired) electrons. The number of aromatic nitrogens is 11. The van der Waals surface area contributed by atoms with Crippen molar-refractivity contribution in [3.8, 4) is 17.2 Å². The maximum atomic E-state index is 12.6. The van der Waals surface area contributed by atoms with E-state index in [0.717, 1.165) is 210 Å². The van der Waals surface area contributed by atoms with Crippen LogP contribution in [0.15, 0.2) is 123 Å². The second-order valence-electron chi connectivity index (χ2n) is 25.0. The lowest BCUT2D eigenvalue weighted by molar-refractivity contribution is -0.122. The van der Waals surface area contributed by atoms with E-state index in [2.05, 4.69) is 117 Å². The molecule has 9 aromatic rings. The minimum Gasteiger partial charge on any atom is -0.488 e. The fourth-order valence-electron chi connectivity index (χ4n) is 13.2. The maximum Gasteiger partial charge on any atom is 0.338 e. The number of benzene rings is 3. The number of carboxylic acid groups (broad SMARTS) is 1. The molecule has 0 spiro atoms. The molecule has 2 amide bonds. The lowest BCUT2D eigenvalue weighted by Gasteiger charge is -2.31. The van der Waals surface area contributed by atoms with Crippen molar-refractivity contribution in [1.29, 1.82) is 0 Å². The Morgan fingerprint density at radius 3 is 1.27 bits per heavy atom. The standard InChI is InChI=1S/C24H27N5O3.C23H26N6O4.C23H28N6O3/c30-24(28-22-3-1-2-8-26-22)17-4-6-19(7-5-17)32-21-16-18(29-11-13-31-14-12-29)15-20-23(21)27-10-9-25-20;30-22(31)15-13-26-23(27-14-15)28-16-1-3-18(4-2-16)33-20-12-17(29-7-9-32-10-8-29)11-19-21(20)25-6-5-24-19;1-28-9-8-26-23(28)27-22(30)16-2-4-18(5-3-16)32-20-15-17(29-10-12-31-13-11-29)14-19-21(20)25-7-6-24-19/h1-3,8-10,15-17,19H,4-7,11-14H2,(H,26,28,30);5-6,11-14,16,18H,1-4,7-10H2,(H,30,31)(H,26,27,28);6-9,14-16,18H,2-5,10-13H2,1H3,(H,26,27,30). The van der Waals surface area contributed by atoms with Crippen LogP contribution < -0.4 is 44.9 Å². The summed E-state index contributed by atoms with van der Waals surface area (Å²) in [4.78, 5) is 86.7. The Balaban J connectivity index is 0.000000131. The van der Waals surface area contributed by atoms with Crippen molar-refractivity contribution in [1.82, 2.24) is 54.4 Å². The van der Waals surface area contributed by atoms with Gasteiger partial charge in [0.1, 0.15) is 39.6 Å². The van der Waals surface area contributed by atoms with Crippen LogP contribution in [-0.4, -0.2) is 181 Å². The molecular formula is C70H81N17O10. The molecule has 4 N–H and O–H groups in total. The number of imidazole rings is 1. The molecule has 15 rings (SSSR count). The van der Waals surface area contributed by atoms with Gasteiger partial charge >= 0.3 is 5.97 Å². The van der Waals surface area contributed by atoms with Gasteiger partial charge < -0.3 is 63.4 Å². The number of nitrogens with one attached hydrogen (secondary N) is 3. The fraction of sp³-hybridized carbons (Fsp3) is 0.443. The number of aromatic carboxylic acids is 1. The first kappa shape index (κ1) is 65.7. The van der Waals surface area contributed by atoms with Crippen LogP contribution in [0, 0.1) is 11.8 Å². The first-order valence-electron chi connectivity index (χ1n) is 33.6. The molecule has 0 bridgehead atoms. The highest BCUT2D eigenvalue weighted by Gasteiger charge is 2.32. The van der Waals surface area contributed by atoms with E-state index >= 15 is 0 Å². The van der Waals surface area contributed by atoms with Crippen LogP contribution >= 0.6 is 0 Å². The van der Waals surface area contributed by atoms with Gasteiger partial charge in [-0.2, -0.15) is 0 Å². The highest BCUT2D eigenvalue weighted by Crippen LogP contribution is 2.38. The van der Waals surface area contributed by atoms with Crippen LogP contribution in [0.5, 0.6) is 17.2 Å². The zero-order valence-electron chi connectivity index (χ0n) is 54.4. The van der Waals surface area contributed by atoms with E-state index < -0.39 is 5.97 Å². The summed E-state index contributed by atoms with van der Waals surface area (Å²) in [6.07, 6.45) is 28.2. The Morgan fingerprint density at radius 2 is 0.876 bits per heavy atom. The van der Waals surface area contributed by atoms with Crippen molar-refractivity contribution >= 4 is 85.7 Å². The number of hydrogen-bond acceptors (Lipinski definition) is 23. The largest absolute Gasteiger partial charge is 0.488 e. The zero-order chi connectivity index (χ0) is 66.3. The van der Waals surface area contributed by atoms with Gasteiger partial charge in [-0.15, -0.1) is 0 Å². The van der Waals surface area contributed by atoms with E-state index in [0.29, 0.717) is 30.9 Å². The molecule has 3 aliphatic carbocycles. The predicted octanol–water partition coefficient (Wildman–Crippen LogP) is 8.97. The molecule has 0 unspecified atom stereocenters. The van der Waals surface area contributed by atoms with Crippen molar-refractivity contribution in [2.75, 3.05) is 110 Å². The number of fused-ring (bicyclic) bond motifs is 3. The molecule has 6 aromatic heterocycles. The molecule has 97 heavy (non-hydrogen) atoms. The minimum atomic E-state index is -1.03. The van der Waals surface area contributed by atoms with E-state index in [1.54, 1.807) is 60.2 Å². The summed E-state index contributed by atoms with van der Waals surface area (Å²) in [5.74, 6) is 2.91. The number of carboxylic acids is 1. The maximum absolute atomic E-state index is 12.6. The average molecular weight is 1320 g/mol. The number of ether oxygens (including phenoxy) is 6. The Kier molecular flexibility index (Phi) is 21.5. The number of aryl methyl sites for hydroxylation is 1. The number of carbonyl (C=O) groups is 3. The fourth-order valence-corrected chi connectivity index (χ4v) is 13.2. The number of nitrogens with zero attached hydrogens (tertiary/aromatic N) is 14. The molecule has 9 heterocycles. The molecule has 0 atom stereocenters. The van der Waals surface area contributed by atoms with Crippen LogP contribution in [0.2, 0.25) is 0 Å². The molecule has 3 aliphatic heterocycles. The molecule has 3 saturated carbocycles. The van der Waals surface area contributed by atoms with Crippen LogP contribution in [0.3, 0.4) is 0 Å². The molecule has 27 heteroatoms.